The van der Waals surface area contributed by atoms with Crippen LogP contribution in [0.5, 0.6) is 0 Å². The Bertz CT molecular complexity index is 2990. The molecule has 2 aliphatic carbocycles. The Balaban J connectivity index is 1.22. The first-order valence-electron chi connectivity index (χ1n) is 16.1. The lowest BCUT2D eigenvalue weighted by Gasteiger charge is -2.29. The molecule has 1 spiro atoms. The van der Waals surface area contributed by atoms with Gasteiger partial charge in [0.25, 0.3) is 0 Å². The summed E-state index contributed by atoms with van der Waals surface area (Å²) in [5.74, 6) is 0. The number of aromatic nitrogens is 6. The van der Waals surface area contributed by atoms with Crippen molar-refractivity contribution >= 4 is 44.5 Å². The summed E-state index contributed by atoms with van der Waals surface area (Å²) in [5.41, 5.74) is 16.3. The molecule has 0 saturated heterocycles. The normalized spacial score (nSPS) is 14.0. The number of fused-ring (bicyclic) bond motifs is 20. The Morgan fingerprint density at radius 2 is 1.21 bits per heavy atom. The minimum absolute atomic E-state index is 0.465. The van der Waals surface area contributed by atoms with Crippen molar-refractivity contribution in [3.8, 4) is 33.6 Å². The zero-order valence-corrected chi connectivity index (χ0v) is 25.3. The molecule has 0 atom stereocenters. The Kier molecular flexibility index (Phi) is 4.31. The molecule has 0 N–H and O–H groups in total. The molecule has 6 heterocycles. The van der Waals surface area contributed by atoms with Crippen LogP contribution in [-0.2, 0) is 5.41 Å². The van der Waals surface area contributed by atoms with Gasteiger partial charge in [0.1, 0.15) is 5.58 Å². The van der Waals surface area contributed by atoms with Crippen LogP contribution in [-0.4, -0.2) is 28.7 Å². The molecule has 7 heteroatoms. The van der Waals surface area contributed by atoms with E-state index in [0.29, 0.717) is 5.71 Å². The van der Waals surface area contributed by atoms with E-state index in [0.717, 1.165) is 55.8 Å². The number of imidazole rings is 1. The van der Waals surface area contributed by atoms with Gasteiger partial charge < -0.3 is 4.42 Å². The molecule has 0 aliphatic heterocycles. The third-order valence-electron chi connectivity index (χ3n) is 10.6. The topological polar surface area (TPSA) is 73.5 Å². The summed E-state index contributed by atoms with van der Waals surface area (Å²) < 4.78 is 10.5. The van der Waals surface area contributed by atoms with Gasteiger partial charge in [-0.2, -0.15) is 0 Å². The van der Waals surface area contributed by atoms with Crippen LogP contribution in [0.3, 0.4) is 0 Å². The van der Waals surface area contributed by atoms with E-state index >= 15 is 0 Å². The van der Waals surface area contributed by atoms with Gasteiger partial charge in [0.05, 0.1) is 28.5 Å². The summed E-state index contributed by atoms with van der Waals surface area (Å²) in [5, 5.41) is 2.00. The summed E-state index contributed by atoms with van der Waals surface area (Å²) in [6, 6.07) is 39.2. The van der Waals surface area contributed by atoms with Gasteiger partial charge in [0.15, 0.2) is 16.9 Å². The highest BCUT2D eigenvalue weighted by Gasteiger charge is 2.53. The number of pyridine rings is 1. The Hall–Kier alpha value is -6.60. The van der Waals surface area contributed by atoms with Crippen molar-refractivity contribution in [3.05, 3.63) is 156 Å². The van der Waals surface area contributed by atoms with Gasteiger partial charge in [0, 0.05) is 40.5 Å². The van der Waals surface area contributed by atoms with E-state index < -0.39 is 5.41 Å². The van der Waals surface area contributed by atoms with Gasteiger partial charge in [0.2, 0.25) is 5.71 Å². The van der Waals surface area contributed by atoms with E-state index in [9.17, 15) is 0 Å². The maximum atomic E-state index is 6.04. The van der Waals surface area contributed by atoms with Crippen molar-refractivity contribution in [2.24, 2.45) is 0 Å². The summed E-state index contributed by atoms with van der Waals surface area (Å²) in [6.45, 7) is 0. The monoisotopic (exact) mass is 614 g/mol. The molecule has 10 aromatic rings. The van der Waals surface area contributed by atoms with E-state index in [1.165, 1.54) is 38.9 Å². The standard InChI is InChI=1S/C41H22N6O/c1-4-12-29-24(8-1)25-9-2-5-13-30(25)41(29)31-14-6-3-10-27(31)36-32(41)21-33-37-45-22-34(47(37)39-38(46(33)36)42-18-19-43-39)23-15-16-35-28(20-23)26-11-7-17-44-40(26)48-35/h1-22H. The molecule has 0 radical (unpaired) electrons. The molecule has 0 amide bonds. The van der Waals surface area contributed by atoms with Crippen LogP contribution in [0.1, 0.15) is 22.3 Å². The largest absolute Gasteiger partial charge is 0.438 e. The van der Waals surface area contributed by atoms with Crippen molar-refractivity contribution in [2.75, 3.05) is 0 Å². The summed E-state index contributed by atoms with van der Waals surface area (Å²) in [4.78, 5) is 19.5. The van der Waals surface area contributed by atoms with E-state index in [-0.39, 0.29) is 0 Å². The van der Waals surface area contributed by atoms with Gasteiger partial charge in [-0.25, -0.2) is 19.9 Å². The summed E-state index contributed by atoms with van der Waals surface area (Å²) >= 11 is 0. The van der Waals surface area contributed by atoms with E-state index in [1.54, 1.807) is 18.6 Å². The maximum absolute atomic E-state index is 6.04. The highest BCUT2D eigenvalue weighted by molar-refractivity contribution is 6.05. The predicted molar refractivity (Wildman–Crippen MR) is 186 cm³/mol. The molecule has 0 unspecified atom stereocenters. The lowest BCUT2D eigenvalue weighted by atomic mass is 9.71. The Morgan fingerprint density at radius 1 is 0.521 bits per heavy atom. The van der Waals surface area contributed by atoms with Crippen LogP contribution in [0.2, 0.25) is 0 Å². The van der Waals surface area contributed by atoms with E-state index in [1.807, 2.05) is 24.4 Å². The fourth-order valence-corrected chi connectivity index (χ4v) is 8.78. The van der Waals surface area contributed by atoms with Crippen LogP contribution >= 0.6 is 0 Å². The first kappa shape index (κ1) is 24.6. The third-order valence-corrected chi connectivity index (χ3v) is 10.6. The second kappa shape index (κ2) is 8.40. The lowest BCUT2D eigenvalue weighted by Crippen LogP contribution is -2.25. The molecular formula is C41H22N6O. The smallest absolute Gasteiger partial charge is 0.227 e. The number of nitrogens with zero attached hydrogens (tertiary/aromatic N) is 6. The van der Waals surface area contributed by atoms with Gasteiger partial charge in [-0.1, -0.05) is 72.8 Å². The number of hydrogen-bond acceptors (Lipinski definition) is 5. The fraction of sp³-hybridized carbons (Fsp3) is 0.0244. The van der Waals surface area contributed by atoms with Crippen LogP contribution < -0.4 is 0 Å². The zero-order valence-electron chi connectivity index (χ0n) is 25.3. The van der Waals surface area contributed by atoms with Crippen molar-refractivity contribution in [1.29, 1.82) is 0 Å². The number of rotatable bonds is 1. The molecular weight excluding hydrogens is 592 g/mol. The average Bonchev–Trinajstić information content (AvgIpc) is 3.95. The minimum Gasteiger partial charge on any atom is -0.438 e. The molecule has 0 bridgehead atoms. The minimum atomic E-state index is -0.465. The second-order valence-electron chi connectivity index (χ2n) is 12.7. The fourth-order valence-electron chi connectivity index (χ4n) is 8.78. The molecule has 12 rings (SSSR count). The molecule has 48 heavy (non-hydrogen) atoms. The SMILES string of the molecule is c1ccc2c(c1)-c1ccccc1C21c2ccccc2-c2c1cc1c3ncc(-c4ccc5oc6ncccc6c5c4)n3c3nccnc3n21. The Morgan fingerprint density at radius 3 is 1.98 bits per heavy atom. The molecule has 0 fully saturated rings. The van der Waals surface area contributed by atoms with Crippen molar-refractivity contribution < 1.29 is 4.42 Å². The number of benzene rings is 4. The van der Waals surface area contributed by atoms with Gasteiger partial charge in [-0.05, 0) is 69.8 Å². The predicted octanol–water partition coefficient (Wildman–Crippen LogP) is 8.84. The molecule has 4 aromatic carbocycles. The molecule has 7 nitrogen and oxygen atoms in total. The van der Waals surface area contributed by atoms with Crippen LogP contribution in [0, 0.1) is 0 Å². The average molecular weight is 615 g/mol. The van der Waals surface area contributed by atoms with Gasteiger partial charge in [-0.15, -0.1) is 0 Å². The highest BCUT2D eigenvalue weighted by atomic mass is 16.3. The quantitative estimate of drug-likeness (QED) is 0.185. The molecule has 6 aromatic heterocycles. The second-order valence-corrected chi connectivity index (χ2v) is 12.7. The summed E-state index contributed by atoms with van der Waals surface area (Å²) in [6.07, 6.45) is 7.25. The highest BCUT2D eigenvalue weighted by Crippen LogP contribution is 2.63. The third kappa shape index (κ3) is 2.71. The molecule has 2 aliphatic rings. The van der Waals surface area contributed by atoms with Crippen LogP contribution in [0.25, 0.3) is 78.2 Å². The van der Waals surface area contributed by atoms with Crippen LogP contribution in [0.4, 0.5) is 0 Å². The van der Waals surface area contributed by atoms with Crippen molar-refractivity contribution in [3.63, 3.8) is 0 Å². The maximum Gasteiger partial charge on any atom is 0.227 e. The Labute approximate surface area is 272 Å². The number of hydrogen-bond donors (Lipinski definition) is 0. The first-order chi connectivity index (χ1) is 23.8. The van der Waals surface area contributed by atoms with E-state index in [2.05, 4.69) is 105 Å². The summed E-state index contributed by atoms with van der Waals surface area (Å²) in [7, 11) is 0. The first-order valence-corrected chi connectivity index (χ1v) is 16.1. The van der Waals surface area contributed by atoms with Gasteiger partial charge in [-0.3, -0.25) is 8.80 Å². The number of furan rings is 1. The van der Waals surface area contributed by atoms with E-state index in [4.69, 9.17) is 19.4 Å². The molecule has 222 valence electrons. The van der Waals surface area contributed by atoms with Gasteiger partial charge >= 0.3 is 0 Å². The van der Waals surface area contributed by atoms with Crippen molar-refractivity contribution in [2.45, 2.75) is 5.41 Å². The lowest BCUT2D eigenvalue weighted by molar-refractivity contribution is 0.654. The molecule has 0 saturated carbocycles. The zero-order chi connectivity index (χ0) is 31.1. The van der Waals surface area contributed by atoms with Crippen LogP contribution in [0.15, 0.2) is 138 Å². The van der Waals surface area contributed by atoms with Crippen molar-refractivity contribution in [1.82, 2.24) is 28.7 Å².